The van der Waals surface area contributed by atoms with Crippen LogP contribution in [0.3, 0.4) is 0 Å². The highest BCUT2D eigenvalue weighted by Crippen LogP contribution is 2.39. The molecule has 5 N–H and O–H groups in total. The number of nitrogens with two attached hydrogens (primary N) is 1. The third kappa shape index (κ3) is 9.49. The Morgan fingerprint density at radius 3 is 2.30 bits per heavy atom. The van der Waals surface area contributed by atoms with E-state index in [1.807, 2.05) is 54.6 Å². The fraction of sp³-hybridized carbons (Fsp3) is 0.316. The molecule has 1 saturated heterocycles. The summed E-state index contributed by atoms with van der Waals surface area (Å²) in [4.78, 5) is 27.4. The van der Waals surface area contributed by atoms with Gasteiger partial charge in [-0.15, -0.1) is 0 Å². The Balaban J connectivity index is 1.22. The number of ether oxygens (including phenoxy) is 2. The molecule has 1 heterocycles. The molecule has 0 bridgehead atoms. The average Bonchev–Trinajstić information content (AvgIpc) is 3.09. The molecule has 0 aliphatic carbocycles. The Kier molecular flexibility index (Phi) is 11.8. The molecule has 246 valence electrons. The lowest BCUT2D eigenvalue weighted by Crippen LogP contribution is -2.38. The van der Waals surface area contributed by atoms with Gasteiger partial charge in [0, 0.05) is 43.1 Å². The molecule has 0 radical (unpaired) electrons. The van der Waals surface area contributed by atoms with Gasteiger partial charge in [-0.3, -0.25) is 14.5 Å². The minimum absolute atomic E-state index is 0.0170. The molecule has 0 unspecified atom stereocenters. The quantitative estimate of drug-likeness (QED) is 0.120. The second-order valence-corrected chi connectivity index (χ2v) is 12.0. The van der Waals surface area contributed by atoms with Crippen LogP contribution in [0.4, 0.5) is 17.1 Å². The Morgan fingerprint density at radius 2 is 1.57 bits per heavy atom. The maximum absolute atomic E-state index is 12.8. The zero-order chi connectivity index (χ0) is 33.2. The van der Waals surface area contributed by atoms with Crippen LogP contribution in [0.1, 0.15) is 73.3 Å². The summed E-state index contributed by atoms with van der Waals surface area (Å²) in [6.45, 7) is 2.87. The van der Waals surface area contributed by atoms with Crippen molar-refractivity contribution < 1.29 is 24.2 Å². The predicted molar refractivity (Wildman–Crippen MR) is 184 cm³/mol. The lowest BCUT2D eigenvalue weighted by Gasteiger charge is -2.39. The number of aliphatic hydroxyl groups excluding tert-OH is 1. The van der Waals surface area contributed by atoms with Crippen LogP contribution < -0.4 is 16.4 Å². The van der Waals surface area contributed by atoms with Gasteiger partial charge in [-0.25, -0.2) is 0 Å². The van der Waals surface area contributed by atoms with Crippen molar-refractivity contribution in [2.75, 3.05) is 30.0 Å². The number of benzene rings is 4. The number of para-hydroxylation sites is 2. The molecule has 1 aliphatic rings. The largest absolute Gasteiger partial charge is 0.397 e. The second-order valence-electron chi connectivity index (χ2n) is 12.0. The molecule has 4 aromatic carbocycles. The summed E-state index contributed by atoms with van der Waals surface area (Å²) in [5.74, 6) is -0.376. The molecule has 1 aliphatic heterocycles. The van der Waals surface area contributed by atoms with Crippen LogP contribution in [-0.2, 0) is 25.7 Å². The van der Waals surface area contributed by atoms with E-state index >= 15 is 0 Å². The highest BCUT2D eigenvalue weighted by Gasteiger charge is 2.33. The van der Waals surface area contributed by atoms with Crippen molar-refractivity contribution in [3.63, 3.8) is 0 Å². The molecular formula is C38H44N4O5. The molecule has 4 aromatic rings. The number of hydrogen-bond donors (Lipinski definition) is 4. The predicted octanol–water partition coefficient (Wildman–Crippen LogP) is 6.75. The number of anilines is 3. The van der Waals surface area contributed by atoms with E-state index in [-0.39, 0.29) is 49.5 Å². The standard InChI is InChI=1S/C38H44N4O5/c1-26(28-10-4-3-5-11-28)42(2)24-32-23-35(29-20-18-27(25-43)19-21-29)47-38(46-32)30-12-8-13-31(22-30)40-36(44)16-9-17-37(45)41-34-15-7-6-14-33(34)39/h3-8,10-15,18-22,26,32,35,38,43H,9,16-17,23-25,39H2,1-2H3,(H,40,44)(H,41,45)/t26-,32+,35-,38-/m0/s1. The number of amides is 2. The highest BCUT2D eigenvalue weighted by molar-refractivity contribution is 5.94. The molecule has 9 nitrogen and oxygen atoms in total. The van der Waals surface area contributed by atoms with Gasteiger partial charge >= 0.3 is 0 Å². The van der Waals surface area contributed by atoms with E-state index in [4.69, 9.17) is 15.2 Å². The summed E-state index contributed by atoms with van der Waals surface area (Å²) >= 11 is 0. The monoisotopic (exact) mass is 636 g/mol. The van der Waals surface area contributed by atoms with E-state index in [0.717, 1.165) is 16.7 Å². The van der Waals surface area contributed by atoms with Crippen LogP contribution in [0, 0.1) is 0 Å². The van der Waals surface area contributed by atoms with E-state index in [2.05, 4.69) is 53.8 Å². The zero-order valence-corrected chi connectivity index (χ0v) is 27.0. The normalized spacial score (nSPS) is 18.4. The summed E-state index contributed by atoms with van der Waals surface area (Å²) in [7, 11) is 2.10. The number of hydrogen-bond acceptors (Lipinski definition) is 7. The summed E-state index contributed by atoms with van der Waals surface area (Å²) in [6.07, 6.45) is 0.463. The van der Waals surface area contributed by atoms with Crippen LogP contribution in [-0.4, -0.2) is 41.5 Å². The van der Waals surface area contributed by atoms with E-state index < -0.39 is 6.29 Å². The third-order valence-corrected chi connectivity index (χ3v) is 8.53. The topological polar surface area (TPSA) is 126 Å². The number of likely N-dealkylation sites (N-methyl/N-ethyl adjacent to an activating group) is 1. The summed E-state index contributed by atoms with van der Waals surface area (Å²) in [5, 5.41) is 15.3. The number of nitrogen functional groups attached to an aromatic ring is 1. The van der Waals surface area contributed by atoms with Crippen LogP contribution in [0.15, 0.2) is 103 Å². The van der Waals surface area contributed by atoms with Gasteiger partial charge in [0.1, 0.15) is 0 Å². The first kappa shape index (κ1) is 33.8. The van der Waals surface area contributed by atoms with Gasteiger partial charge < -0.3 is 30.9 Å². The Morgan fingerprint density at radius 1 is 0.872 bits per heavy atom. The lowest BCUT2D eigenvalue weighted by atomic mass is 9.99. The third-order valence-electron chi connectivity index (χ3n) is 8.53. The zero-order valence-electron chi connectivity index (χ0n) is 27.0. The van der Waals surface area contributed by atoms with Crippen molar-refractivity contribution in [1.29, 1.82) is 0 Å². The van der Waals surface area contributed by atoms with Crippen molar-refractivity contribution in [2.45, 2.75) is 63.8 Å². The molecule has 0 saturated carbocycles. The number of aliphatic hydroxyl groups is 1. The number of carbonyl (C=O) groups is 2. The van der Waals surface area contributed by atoms with Crippen molar-refractivity contribution >= 4 is 28.9 Å². The van der Waals surface area contributed by atoms with Gasteiger partial charge in [-0.05, 0) is 61.3 Å². The minimum atomic E-state index is -0.650. The van der Waals surface area contributed by atoms with Crippen LogP contribution in [0.5, 0.6) is 0 Å². The van der Waals surface area contributed by atoms with Gasteiger partial charge in [0.05, 0.1) is 30.2 Å². The first-order valence-corrected chi connectivity index (χ1v) is 16.1. The number of nitrogens with one attached hydrogen (secondary N) is 2. The summed E-state index contributed by atoms with van der Waals surface area (Å²) < 4.78 is 13.1. The van der Waals surface area contributed by atoms with Gasteiger partial charge in [-0.2, -0.15) is 0 Å². The van der Waals surface area contributed by atoms with E-state index in [1.165, 1.54) is 5.56 Å². The SMILES string of the molecule is C[C@@H](c1ccccc1)N(C)C[C@H]1C[C@@H](c2ccc(CO)cc2)O[C@@H](c2cccc(NC(=O)CCCC(=O)Nc3ccccc3N)c2)O1. The molecule has 2 amide bonds. The van der Waals surface area contributed by atoms with Gasteiger partial charge in [0.15, 0.2) is 6.29 Å². The van der Waals surface area contributed by atoms with Gasteiger partial charge in [-0.1, -0.05) is 78.9 Å². The minimum Gasteiger partial charge on any atom is -0.397 e. The molecule has 4 atom stereocenters. The summed E-state index contributed by atoms with van der Waals surface area (Å²) in [6, 6.07) is 33.0. The van der Waals surface area contributed by atoms with E-state index in [0.29, 0.717) is 36.4 Å². The van der Waals surface area contributed by atoms with E-state index in [1.54, 1.807) is 24.3 Å². The van der Waals surface area contributed by atoms with Crippen molar-refractivity contribution in [2.24, 2.45) is 0 Å². The molecule has 47 heavy (non-hydrogen) atoms. The maximum Gasteiger partial charge on any atom is 0.224 e. The van der Waals surface area contributed by atoms with Gasteiger partial charge in [0.2, 0.25) is 11.8 Å². The molecule has 0 spiro atoms. The first-order chi connectivity index (χ1) is 22.8. The summed E-state index contributed by atoms with van der Waals surface area (Å²) in [5.41, 5.74) is 11.5. The molecule has 1 fully saturated rings. The smallest absolute Gasteiger partial charge is 0.224 e. The Labute approximate surface area is 276 Å². The Hall–Kier alpha value is -4.54. The molecule has 9 heteroatoms. The second kappa shape index (κ2) is 16.3. The highest BCUT2D eigenvalue weighted by atomic mass is 16.7. The van der Waals surface area contributed by atoms with Crippen molar-refractivity contribution in [1.82, 2.24) is 4.90 Å². The van der Waals surface area contributed by atoms with Crippen molar-refractivity contribution in [3.05, 3.63) is 125 Å². The number of rotatable bonds is 13. The first-order valence-electron chi connectivity index (χ1n) is 16.1. The average molecular weight is 637 g/mol. The van der Waals surface area contributed by atoms with Crippen LogP contribution in [0.25, 0.3) is 0 Å². The van der Waals surface area contributed by atoms with Crippen LogP contribution >= 0.6 is 0 Å². The fourth-order valence-corrected chi connectivity index (χ4v) is 5.72. The number of carbonyl (C=O) groups excluding carboxylic acids is 2. The molecular weight excluding hydrogens is 592 g/mol. The van der Waals surface area contributed by atoms with Gasteiger partial charge in [0.25, 0.3) is 0 Å². The molecule has 0 aromatic heterocycles. The maximum atomic E-state index is 12.8. The van der Waals surface area contributed by atoms with Crippen LogP contribution in [0.2, 0.25) is 0 Å². The molecule has 5 rings (SSSR count). The Bertz CT molecular complexity index is 1610. The van der Waals surface area contributed by atoms with Crippen molar-refractivity contribution in [3.8, 4) is 0 Å². The lowest BCUT2D eigenvalue weighted by molar-refractivity contribution is -0.253. The van der Waals surface area contributed by atoms with E-state index in [9.17, 15) is 14.7 Å². The number of nitrogens with zero attached hydrogens (tertiary/aromatic N) is 1. The fourth-order valence-electron chi connectivity index (χ4n) is 5.72.